The highest BCUT2D eigenvalue weighted by Gasteiger charge is 2.52. The molecular weight excluding hydrogens is 328 g/mol. The van der Waals surface area contributed by atoms with Gasteiger partial charge in [-0.3, -0.25) is 9.78 Å². The smallest absolute Gasteiger partial charge is 0.272 e. The van der Waals surface area contributed by atoms with Gasteiger partial charge in [-0.2, -0.15) is 0 Å². The van der Waals surface area contributed by atoms with Gasteiger partial charge in [-0.25, -0.2) is 9.97 Å². The molecule has 26 heavy (non-hydrogen) atoms. The number of amides is 1. The van der Waals surface area contributed by atoms with Gasteiger partial charge in [0.1, 0.15) is 23.5 Å². The molecule has 7 nitrogen and oxygen atoms in total. The summed E-state index contributed by atoms with van der Waals surface area (Å²) in [6, 6.07) is 7.53. The summed E-state index contributed by atoms with van der Waals surface area (Å²) in [7, 11) is 0. The summed E-state index contributed by atoms with van der Waals surface area (Å²) in [6.45, 7) is 2.45. The highest BCUT2D eigenvalue weighted by atomic mass is 16.2. The molecule has 0 unspecified atom stereocenters. The molecule has 1 aliphatic carbocycles. The largest absolute Gasteiger partial charge is 0.354 e. The van der Waals surface area contributed by atoms with Crippen LogP contribution >= 0.6 is 0 Å². The Kier molecular flexibility index (Phi) is 3.41. The molecular formula is C19H20N6O. The first-order valence-electron chi connectivity index (χ1n) is 9.03. The molecule has 5 rings (SSSR count). The van der Waals surface area contributed by atoms with Crippen LogP contribution in [0.15, 0.2) is 43.0 Å². The molecule has 1 aliphatic heterocycles. The molecule has 4 heterocycles. The van der Waals surface area contributed by atoms with Crippen LogP contribution in [0, 0.1) is 0 Å². The van der Waals surface area contributed by atoms with E-state index < -0.39 is 0 Å². The van der Waals surface area contributed by atoms with E-state index in [4.69, 9.17) is 0 Å². The molecule has 1 saturated carbocycles. The normalized spacial score (nSPS) is 18.9. The van der Waals surface area contributed by atoms with Crippen LogP contribution in [0.4, 0.5) is 5.82 Å². The predicted molar refractivity (Wildman–Crippen MR) is 98.0 cm³/mol. The van der Waals surface area contributed by atoms with Crippen molar-refractivity contribution >= 4 is 22.8 Å². The number of hydrogen-bond donors (Lipinski definition) is 1. The third-order valence-electron chi connectivity index (χ3n) is 5.46. The van der Waals surface area contributed by atoms with Crippen molar-refractivity contribution in [2.45, 2.75) is 24.8 Å². The molecule has 1 spiro atoms. The minimum Gasteiger partial charge on any atom is -0.354 e. The predicted octanol–water partition coefficient (Wildman–Crippen LogP) is 2.24. The maximum absolute atomic E-state index is 13.0. The van der Waals surface area contributed by atoms with E-state index in [9.17, 15) is 4.79 Å². The fourth-order valence-electron chi connectivity index (χ4n) is 3.98. The van der Waals surface area contributed by atoms with Gasteiger partial charge < -0.3 is 14.8 Å². The van der Waals surface area contributed by atoms with Crippen LogP contribution in [0.3, 0.4) is 0 Å². The molecule has 2 aliphatic rings. The molecule has 0 bridgehead atoms. The fourth-order valence-corrected chi connectivity index (χ4v) is 3.98. The van der Waals surface area contributed by atoms with Crippen LogP contribution in [0.2, 0.25) is 0 Å². The van der Waals surface area contributed by atoms with Crippen LogP contribution in [-0.2, 0) is 0 Å². The minimum absolute atomic E-state index is 0.0411. The van der Waals surface area contributed by atoms with E-state index in [-0.39, 0.29) is 11.4 Å². The lowest BCUT2D eigenvalue weighted by Crippen LogP contribution is -2.47. The zero-order valence-corrected chi connectivity index (χ0v) is 14.4. The van der Waals surface area contributed by atoms with Gasteiger partial charge in [-0.15, -0.1) is 0 Å². The van der Waals surface area contributed by atoms with Crippen LogP contribution in [0.1, 0.15) is 29.8 Å². The van der Waals surface area contributed by atoms with Gasteiger partial charge in [0, 0.05) is 32.0 Å². The molecule has 0 atom stereocenters. The van der Waals surface area contributed by atoms with E-state index in [0.29, 0.717) is 5.69 Å². The molecule has 132 valence electrons. The van der Waals surface area contributed by atoms with Gasteiger partial charge in [0.2, 0.25) is 0 Å². The summed E-state index contributed by atoms with van der Waals surface area (Å²) in [5.41, 5.74) is 1.28. The molecule has 0 aromatic carbocycles. The molecule has 3 aromatic heterocycles. The van der Waals surface area contributed by atoms with Crippen molar-refractivity contribution in [3.63, 3.8) is 0 Å². The van der Waals surface area contributed by atoms with E-state index in [2.05, 4.69) is 24.8 Å². The molecule has 0 radical (unpaired) electrons. The zero-order chi connectivity index (χ0) is 17.6. The van der Waals surface area contributed by atoms with Gasteiger partial charge in [0.05, 0.1) is 10.9 Å². The Hall–Kier alpha value is -2.96. The highest BCUT2D eigenvalue weighted by molar-refractivity contribution is 5.93. The number of rotatable bonds is 2. The lowest BCUT2D eigenvalue weighted by molar-refractivity contribution is 0.0663. The van der Waals surface area contributed by atoms with E-state index in [1.807, 2.05) is 29.3 Å². The fraction of sp³-hybridized carbons (Fsp3) is 0.368. The number of nitrogens with one attached hydrogen (secondary N) is 1. The summed E-state index contributed by atoms with van der Waals surface area (Å²) >= 11 is 0. The molecule has 7 heteroatoms. The van der Waals surface area contributed by atoms with E-state index >= 15 is 0 Å². The Morgan fingerprint density at radius 1 is 1.12 bits per heavy atom. The summed E-state index contributed by atoms with van der Waals surface area (Å²) in [5, 5.41) is 1.04. The lowest BCUT2D eigenvalue weighted by Gasteiger charge is -2.32. The van der Waals surface area contributed by atoms with E-state index in [0.717, 1.165) is 55.7 Å². The second-order valence-electron chi connectivity index (χ2n) is 7.11. The number of hydrogen-bond acceptors (Lipinski definition) is 5. The molecule has 1 saturated heterocycles. The molecule has 2 fully saturated rings. The number of H-pyrrole nitrogens is 1. The van der Waals surface area contributed by atoms with Crippen LogP contribution < -0.4 is 4.90 Å². The first kappa shape index (κ1) is 15.3. The Labute approximate surface area is 151 Å². The van der Waals surface area contributed by atoms with Crippen molar-refractivity contribution in [3.8, 4) is 0 Å². The number of anilines is 1. The number of carbonyl (C=O) groups is 1. The summed E-state index contributed by atoms with van der Waals surface area (Å²) in [5.74, 6) is 0.995. The minimum atomic E-state index is -0.0985. The number of aromatic amines is 1. The van der Waals surface area contributed by atoms with Gasteiger partial charge in [0.25, 0.3) is 5.91 Å². The Morgan fingerprint density at radius 2 is 2.04 bits per heavy atom. The summed E-state index contributed by atoms with van der Waals surface area (Å²) < 4.78 is 0. The zero-order valence-electron chi connectivity index (χ0n) is 14.4. The Balaban J connectivity index is 1.46. The van der Waals surface area contributed by atoms with Crippen molar-refractivity contribution < 1.29 is 4.79 Å². The third kappa shape index (κ3) is 2.42. The Bertz CT molecular complexity index is 949. The van der Waals surface area contributed by atoms with E-state index in [1.54, 1.807) is 18.6 Å². The topological polar surface area (TPSA) is 78.0 Å². The van der Waals surface area contributed by atoms with Gasteiger partial charge in [0.15, 0.2) is 0 Å². The number of pyridine rings is 1. The second kappa shape index (κ2) is 5.79. The lowest BCUT2D eigenvalue weighted by atomic mass is 10.2. The average Bonchev–Trinajstić information content (AvgIpc) is 3.34. The number of aromatic nitrogens is 4. The Morgan fingerprint density at radius 3 is 2.85 bits per heavy atom. The molecule has 1 amide bonds. The van der Waals surface area contributed by atoms with Crippen LogP contribution in [0.5, 0.6) is 0 Å². The SMILES string of the molecule is O=C(c1ccccn1)N1CCCN(c2ncnc3[nH]ccc23)CC12CC2. The van der Waals surface area contributed by atoms with Crippen LogP contribution in [0.25, 0.3) is 11.0 Å². The second-order valence-corrected chi connectivity index (χ2v) is 7.11. The summed E-state index contributed by atoms with van der Waals surface area (Å²) in [6.07, 6.45) is 8.16. The maximum atomic E-state index is 13.0. The highest BCUT2D eigenvalue weighted by Crippen LogP contribution is 2.45. The standard InChI is InChI=1S/C19H20N6O/c26-18(15-4-1-2-8-20-15)25-11-3-10-24(12-19(25)6-7-19)17-14-5-9-21-16(14)22-13-23-17/h1-2,4-5,8-9,13H,3,6-7,10-12H2,(H,21,22,23). The number of nitrogens with zero attached hydrogens (tertiary/aromatic N) is 5. The quantitative estimate of drug-likeness (QED) is 0.768. The van der Waals surface area contributed by atoms with Crippen molar-refractivity contribution in [3.05, 3.63) is 48.7 Å². The van der Waals surface area contributed by atoms with Crippen molar-refractivity contribution in [2.75, 3.05) is 24.5 Å². The van der Waals surface area contributed by atoms with Crippen molar-refractivity contribution in [1.82, 2.24) is 24.8 Å². The summed E-state index contributed by atoms with van der Waals surface area (Å²) in [4.78, 5) is 33.6. The maximum Gasteiger partial charge on any atom is 0.272 e. The van der Waals surface area contributed by atoms with Crippen molar-refractivity contribution in [1.29, 1.82) is 0 Å². The van der Waals surface area contributed by atoms with Crippen molar-refractivity contribution in [2.24, 2.45) is 0 Å². The first-order valence-corrected chi connectivity index (χ1v) is 9.03. The molecule has 1 N–H and O–H groups in total. The van der Waals surface area contributed by atoms with Crippen LogP contribution in [-0.4, -0.2) is 55.9 Å². The average molecular weight is 348 g/mol. The van der Waals surface area contributed by atoms with Gasteiger partial charge in [-0.1, -0.05) is 6.07 Å². The van der Waals surface area contributed by atoms with E-state index in [1.165, 1.54) is 0 Å². The monoisotopic (exact) mass is 348 g/mol. The molecule has 3 aromatic rings. The first-order chi connectivity index (χ1) is 12.8. The number of fused-ring (bicyclic) bond motifs is 1. The third-order valence-corrected chi connectivity index (χ3v) is 5.46. The van der Waals surface area contributed by atoms with Gasteiger partial charge in [-0.05, 0) is 37.5 Å². The van der Waals surface area contributed by atoms with Gasteiger partial charge >= 0.3 is 0 Å². The number of carbonyl (C=O) groups excluding carboxylic acids is 1.